The summed E-state index contributed by atoms with van der Waals surface area (Å²) < 4.78 is 38.3. The van der Waals surface area contributed by atoms with E-state index in [1.807, 2.05) is 0 Å². The molecule has 0 saturated heterocycles. The van der Waals surface area contributed by atoms with E-state index in [1.54, 1.807) is 0 Å². The molecule has 0 aliphatic heterocycles. The molecule has 3 nitrogen and oxygen atoms in total. The van der Waals surface area contributed by atoms with Gasteiger partial charge in [0.25, 0.3) is 0 Å². The summed E-state index contributed by atoms with van der Waals surface area (Å²) in [5, 5.41) is 8.22. The second-order valence-electron chi connectivity index (χ2n) is 2.96. The van der Waals surface area contributed by atoms with Gasteiger partial charge in [0.15, 0.2) is 0 Å². The number of rotatable bonds is 3. The number of hydrogen-bond acceptors (Lipinski definition) is 2. The van der Waals surface area contributed by atoms with Crippen LogP contribution in [0.5, 0.6) is 0 Å². The quantitative estimate of drug-likeness (QED) is 0.868. The highest BCUT2D eigenvalue weighted by Gasteiger charge is 2.46. The average Bonchev–Trinajstić information content (AvgIpc) is 2.17. The second kappa shape index (κ2) is 5.18. The zero-order valence-electron chi connectivity index (χ0n) is 7.86. The lowest BCUT2D eigenvalue weighted by atomic mass is 10.0. The molecule has 0 aliphatic carbocycles. The van der Waals surface area contributed by atoms with E-state index < -0.39 is 23.8 Å². The Labute approximate surface area is 95.5 Å². The third-order valence-corrected chi connectivity index (χ3v) is 1.90. The highest BCUT2D eigenvalue weighted by Crippen LogP contribution is 2.29. The lowest BCUT2D eigenvalue weighted by molar-refractivity contribution is -0.168. The van der Waals surface area contributed by atoms with Crippen molar-refractivity contribution in [2.24, 2.45) is 5.73 Å². The van der Waals surface area contributed by atoms with Gasteiger partial charge in [-0.05, 0) is 17.7 Å². The van der Waals surface area contributed by atoms with Gasteiger partial charge in [0.1, 0.15) is 11.9 Å². The molecule has 0 saturated carbocycles. The minimum Gasteiger partial charge on any atom is -0.477 e. The Morgan fingerprint density at radius 1 is 1.31 bits per heavy atom. The lowest BCUT2D eigenvalue weighted by Gasteiger charge is -2.19. The highest BCUT2D eigenvalue weighted by molar-refractivity contribution is 5.85. The van der Waals surface area contributed by atoms with Crippen molar-refractivity contribution in [1.82, 2.24) is 0 Å². The summed E-state index contributed by atoms with van der Waals surface area (Å²) in [6.07, 6.45) is 0. The molecule has 0 aromatic heterocycles. The van der Waals surface area contributed by atoms with Gasteiger partial charge in [-0.1, -0.05) is 12.1 Å². The Bertz CT molecular complexity index is 370. The van der Waals surface area contributed by atoms with Crippen molar-refractivity contribution >= 4 is 18.4 Å². The third-order valence-electron chi connectivity index (χ3n) is 1.90. The van der Waals surface area contributed by atoms with E-state index in [0.717, 1.165) is 24.3 Å². The first kappa shape index (κ1) is 14.7. The highest BCUT2D eigenvalue weighted by atomic mass is 35.5. The van der Waals surface area contributed by atoms with Crippen molar-refractivity contribution in [2.45, 2.75) is 12.0 Å². The maximum atomic E-state index is 12.9. The monoisotopic (exact) mass is 255 g/mol. The van der Waals surface area contributed by atoms with Gasteiger partial charge in [0.05, 0.1) is 0 Å². The van der Waals surface area contributed by atoms with E-state index in [2.05, 4.69) is 0 Å². The predicted octanol–water partition coefficient (Wildman–Crippen LogP) is 1.97. The standard InChI is InChI=1S/C9H8F3NO2.ClH/c10-6-3-1-5(2-4-6)7(13)9(11,12)8(14)15;/h1-4,7H,13H2,(H,14,15);1H. The number of aliphatic carboxylic acids is 1. The first-order chi connectivity index (χ1) is 6.85. The summed E-state index contributed by atoms with van der Waals surface area (Å²) in [4.78, 5) is 10.2. The Morgan fingerprint density at radius 3 is 2.12 bits per heavy atom. The Kier molecular flexibility index (Phi) is 4.77. The van der Waals surface area contributed by atoms with Crippen LogP contribution in [0, 0.1) is 5.82 Å². The Balaban J connectivity index is 0.00000225. The van der Waals surface area contributed by atoms with Crippen molar-refractivity contribution < 1.29 is 23.1 Å². The van der Waals surface area contributed by atoms with Gasteiger partial charge in [-0.3, -0.25) is 0 Å². The van der Waals surface area contributed by atoms with Gasteiger partial charge in [-0.25, -0.2) is 9.18 Å². The first-order valence-electron chi connectivity index (χ1n) is 3.98. The normalized spacial score (nSPS) is 12.8. The molecule has 90 valence electrons. The predicted molar refractivity (Wildman–Crippen MR) is 53.2 cm³/mol. The first-order valence-corrected chi connectivity index (χ1v) is 3.98. The largest absolute Gasteiger partial charge is 0.477 e. The van der Waals surface area contributed by atoms with Crippen molar-refractivity contribution in [3.63, 3.8) is 0 Å². The topological polar surface area (TPSA) is 63.3 Å². The third kappa shape index (κ3) is 2.86. The van der Waals surface area contributed by atoms with Gasteiger partial charge in [0.2, 0.25) is 0 Å². The number of carboxylic acid groups (broad SMARTS) is 1. The lowest BCUT2D eigenvalue weighted by Crippen LogP contribution is -2.40. The maximum Gasteiger partial charge on any atom is 0.376 e. The molecule has 1 unspecified atom stereocenters. The zero-order valence-corrected chi connectivity index (χ0v) is 8.68. The second-order valence-corrected chi connectivity index (χ2v) is 2.96. The fourth-order valence-electron chi connectivity index (χ4n) is 1.01. The molecule has 16 heavy (non-hydrogen) atoms. The maximum absolute atomic E-state index is 12.9. The molecule has 1 rings (SSSR count). The number of benzene rings is 1. The number of carbonyl (C=O) groups is 1. The summed E-state index contributed by atoms with van der Waals surface area (Å²) in [5.74, 6) is -6.98. The molecule has 3 N–H and O–H groups in total. The molecule has 0 bridgehead atoms. The summed E-state index contributed by atoms with van der Waals surface area (Å²) >= 11 is 0. The van der Waals surface area contributed by atoms with Crippen molar-refractivity contribution in [3.05, 3.63) is 35.6 Å². The number of alkyl halides is 2. The van der Waals surface area contributed by atoms with Crippen LogP contribution in [0.2, 0.25) is 0 Å². The van der Waals surface area contributed by atoms with E-state index in [9.17, 15) is 18.0 Å². The van der Waals surface area contributed by atoms with E-state index in [1.165, 1.54) is 0 Å². The molecular formula is C9H9ClF3NO2. The van der Waals surface area contributed by atoms with Crippen LogP contribution in [0.1, 0.15) is 11.6 Å². The summed E-state index contributed by atoms with van der Waals surface area (Å²) in [5.41, 5.74) is 4.94. The fourth-order valence-corrected chi connectivity index (χ4v) is 1.01. The van der Waals surface area contributed by atoms with Gasteiger partial charge in [-0.2, -0.15) is 8.78 Å². The molecule has 0 amide bonds. The number of hydrogen-bond donors (Lipinski definition) is 2. The summed E-state index contributed by atoms with van der Waals surface area (Å²) in [6, 6.07) is 1.93. The van der Waals surface area contributed by atoms with Crippen LogP contribution in [0.15, 0.2) is 24.3 Å². The van der Waals surface area contributed by atoms with E-state index in [0.29, 0.717) is 0 Å². The van der Waals surface area contributed by atoms with Gasteiger partial charge < -0.3 is 10.8 Å². The minimum absolute atomic E-state index is 0. The molecule has 1 aromatic carbocycles. The van der Waals surface area contributed by atoms with Gasteiger partial charge >= 0.3 is 11.9 Å². The van der Waals surface area contributed by atoms with Crippen molar-refractivity contribution in [3.8, 4) is 0 Å². The van der Waals surface area contributed by atoms with Crippen molar-refractivity contribution in [1.29, 1.82) is 0 Å². The number of halogens is 4. The summed E-state index contributed by atoms with van der Waals surface area (Å²) in [7, 11) is 0. The minimum atomic E-state index is -4.07. The molecule has 7 heteroatoms. The van der Waals surface area contributed by atoms with Crippen LogP contribution in [-0.2, 0) is 4.79 Å². The molecule has 0 fully saturated rings. The Hall–Kier alpha value is -1.27. The molecule has 0 aliphatic rings. The Morgan fingerprint density at radius 2 is 1.75 bits per heavy atom. The molecular weight excluding hydrogens is 247 g/mol. The molecule has 0 radical (unpaired) electrons. The smallest absolute Gasteiger partial charge is 0.376 e. The van der Waals surface area contributed by atoms with Crippen LogP contribution in [-0.4, -0.2) is 17.0 Å². The molecule has 0 heterocycles. The average molecular weight is 256 g/mol. The summed E-state index contributed by atoms with van der Waals surface area (Å²) in [6.45, 7) is 0. The number of carboxylic acids is 1. The number of nitrogens with two attached hydrogens (primary N) is 1. The van der Waals surface area contributed by atoms with Crippen LogP contribution < -0.4 is 5.73 Å². The SMILES string of the molecule is Cl.NC(c1ccc(F)cc1)C(F)(F)C(=O)O. The van der Waals surface area contributed by atoms with Crippen LogP contribution in [0.3, 0.4) is 0 Å². The zero-order chi connectivity index (χ0) is 11.6. The van der Waals surface area contributed by atoms with E-state index in [-0.39, 0.29) is 18.0 Å². The van der Waals surface area contributed by atoms with Crippen LogP contribution >= 0.6 is 12.4 Å². The van der Waals surface area contributed by atoms with Crippen molar-refractivity contribution in [2.75, 3.05) is 0 Å². The van der Waals surface area contributed by atoms with Gasteiger partial charge in [0, 0.05) is 0 Å². The fraction of sp³-hybridized carbons (Fsp3) is 0.222. The van der Waals surface area contributed by atoms with E-state index in [4.69, 9.17) is 10.8 Å². The van der Waals surface area contributed by atoms with Crippen LogP contribution in [0.4, 0.5) is 13.2 Å². The van der Waals surface area contributed by atoms with Crippen LogP contribution in [0.25, 0.3) is 0 Å². The van der Waals surface area contributed by atoms with Gasteiger partial charge in [-0.15, -0.1) is 12.4 Å². The van der Waals surface area contributed by atoms with E-state index >= 15 is 0 Å². The molecule has 1 atom stereocenters. The molecule has 1 aromatic rings. The molecule has 0 spiro atoms.